The molecule has 6 nitrogen and oxygen atoms in total. The van der Waals surface area contributed by atoms with E-state index in [1.165, 1.54) is 16.7 Å². The minimum atomic E-state index is 0.312. The maximum absolute atomic E-state index is 12.3. The van der Waals surface area contributed by atoms with Crippen LogP contribution in [-0.4, -0.2) is 46.1 Å². The van der Waals surface area contributed by atoms with E-state index in [1.54, 1.807) is 0 Å². The molecule has 198 valence electrons. The standard InChI is InChI=1S/C33H35N5O/c1-37-22-31(21-36-37)28-8-6-26(7-9-28)24-2-4-25(5-3-24)27-10-12-29(13-11-27)32(34)35-20-23-16-18-38(19-17-23)33(39)30-14-15-30/h2-13,21-23,30H,14-20H2,1H3,(H2,34,35). The lowest BCUT2D eigenvalue weighted by Crippen LogP contribution is -2.40. The van der Waals surface area contributed by atoms with Crippen molar-refractivity contribution >= 4 is 11.7 Å². The zero-order chi connectivity index (χ0) is 26.8. The van der Waals surface area contributed by atoms with E-state index in [1.807, 2.05) is 29.0 Å². The summed E-state index contributed by atoms with van der Waals surface area (Å²) in [5.41, 5.74) is 14.3. The highest BCUT2D eigenvalue weighted by molar-refractivity contribution is 5.97. The molecule has 1 amide bonds. The fourth-order valence-electron chi connectivity index (χ4n) is 5.36. The van der Waals surface area contributed by atoms with E-state index in [-0.39, 0.29) is 0 Å². The van der Waals surface area contributed by atoms with Gasteiger partial charge in [-0.3, -0.25) is 14.5 Å². The average Bonchev–Trinajstić information content (AvgIpc) is 3.76. The van der Waals surface area contributed by atoms with Gasteiger partial charge in [-0.05, 0) is 59.4 Å². The molecule has 39 heavy (non-hydrogen) atoms. The molecule has 2 N–H and O–H groups in total. The van der Waals surface area contributed by atoms with Crippen LogP contribution in [-0.2, 0) is 11.8 Å². The van der Waals surface area contributed by atoms with Crippen molar-refractivity contribution in [3.8, 4) is 33.4 Å². The van der Waals surface area contributed by atoms with Crippen LogP contribution in [0, 0.1) is 11.8 Å². The van der Waals surface area contributed by atoms with Gasteiger partial charge in [0, 0.05) is 49.9 Å². The topological polar surface area (TPSA) is 76.5 Å². The number of likely N-dealkylation sites (tertiary alicyclic amines) is 1. The van der Waals surface area contributed by atoms with Crippen molar-refractivity contribution in [3.05, 3.63) is 90.8 Å². The van der Waals surface area contributed by atoms with Crippen LogP contribution < -0.4 is 5.73 Å². The molecule has 0 spiro atoms. The molecule has 0 bridgehead atoms. The van der Waals surface area contributed by atoms with Gasteiger partial charge in [-0.15, -0.1) is 0 Å². The minimum Gasteiger partial charge on any atom is -0.384 e. The molecule has 0 radical (unpaired) electrons. The molecule has 1 saturated carbocycles. The first kappa shape index (κ1) is 25.1. The van der Waals surface area contributed by atoms with Gasteiger partial charge in [-0.2, -0.15) is 5.10 Å². The van der Waals surface area contributed by atoms with Crippen molar-refractivity contribution < 1.29 is 4.79 Å². The summed E-state index contributed by atoms with van der Waals surface area (Å²) in [6, 6.07) is 25.6. The Morgan fingerprint density at radius 1 is 0.795 bits per heavy atom. The second kappa shape index (κ2) is 10.9. The van der Waals surface area contributed by atoms with E-state index >= 15 is 0 Å². The number of amides is 1. The van der Waals surface area contributed by atoms with Gasteiger partial charge in [0.05, 0.1) is 6.20 Å². The number of aryl methyl sites for hydroxylation is 1. The first-order valence-electron chi connectivity index (χ1n) is 13.9. The summed E-state index contributed by atoms with van der Waals surface area (Å²) in [6.07, 6.45) is 8.09. The Kier molecular flexibility index (Phi) is 7.01. The summed E-state index contributed by atoms with van der Waals surface area (Å²) in [4.78, 5) is 19.0. The van der Waals surface area contributed by atoms with Crippen molar-refractivity contribution in [3.63, 3.8) is 0 Å². The third-order valence-electron chi connectivity index (χ3n) is 8.03. The maximum atomic E-state index is 12.3. The summed E-state index contributed by atoms with van der Waals surface area (Å²) in [7, 11) is 1.93. The Balaban J connectivity index is 1.05. The van der Waals surface area contributed by atoms with Crippen molar-refractivity contribution in [1.82, 2.24) is 14.7 Å². The van der Waals surface area contributed by atoms with Crippen molar-refractivity contribution in [2.75, 3.05) is 19.6 Å². The van der Waals surface area contributed by atoms with E-state index in [4.69, 9.17) is 10.7 Å². The molecule has 2 aliphatic rings. The van der Waals surface area contributed by atoms with Crippen LogP contribution in [0.25, 0.3) is 33.4 Å². The lowest BCUT2D eigenvalue weighted by atomic mass is 9.96. The molecule has 4 aromatic rings. The number of carbonyl (C=O) groups excluding carboxylic acids is 1. The smallest absolute Gasteiger partial charge is 0.225 e. The molecule has 0 unspecified atom stereocenters. The summed E-state index contributed by atoms with van der Waals surface area (Å²) < 4.78 is 1.82. The number of aromatic nitrogens is 2. The minimum absolute atomic E-state index is 0.312. The quantitative estimate of drug-likeness (QED) is 0.250. The number of hydrogen-bond donors (Lipinski definition) is 1. The van der Waals surface area contributed by atoms with Gasteiger partial charge in [0.15, 0.2) is 0 Å². The second-order valence-corrected chi connectivity index (χ2v) is 10.9. The van der Waals surface area contributed by atoms with Crippen molar-refractivity contribution in [2.45, 2.75) is 25.7 Å². The fourth-order valence-corrected chi connectivity index (χ4v) is 5.36. The number of carbonyl (C=O) groups is 1. The highest BCUT2D eigenvalue weighted by Crippen LogP contribution is 2.32. The van der Waals surface area contributed by atoms with Crippen LogP contribution in [0.2, 0.25) is 0 Å². The van der Waals surface area contributed by atoms with Gasteiger partial charge in [0.2, 0.25) is 5.91 Å². The molecule has 0 atom stereocenters. The Hall–Kier alpha value is -4.19. The Bertz CT molecular complexity index is 1460. The van der Waals surface area contributed by atoms with Gasteiger partial charge < -0.3 is 10.6 Å². The first-order valence-corrected chi connectivity index (χ1v) is 13.9. The van der Waals surface area contributed by atoms with E-state index in [0.717, 1.165) is 67.6 Å². The number of nitrogens with two attached hydrogens (primary N) is 1. The highest BCUT2D eigenvalue weighted by Gasteiger charge is 2.34. The molecule has 1 saturated heterocycles. The number of rotatable bonds is 7. The third-order valence-corrected chi connectivity index (χ3v) is 8.03. The molecular weight excluding hydrogens is 482 g/mol. The lowest BCUT2D eigenvalue weighted by Gasteiger charge is -2.31. The Morgan fingerprint density at radius 2 is 1.28 bits per heavy atom. The molecule has 1 aliphatic carbocycles. The van der Waals surface area contributed by atoms with Crippen molar-refractivity contribution in [1.29, 1.82) is 0 Å². The average molecular weight is 518 g/mol. The number of aliphatic imine (C=N–C) groups is 1. The number of benzene rings is 3. The van der Waals surface area contributed by atoms with Gasteiger partial charge in [0.1, 0.15) is 5.84 Å². The van der Waals surface area contributed by atoms with Crippen LogP contribution in [0.15, 0.2) is 90.2 Å². The van der Waals surface area contributed by atoms with E-state index in [0.29, 0.717) is 23.6 Å². The van der Waals surface area contributed by atoms with Crippen LogP contribution in [0.3, 0.4) is 0 Å². The highest BCUT2D eigenvalue weighted by atomic mass is 16.2. The van der Waals surface area contributed by atoms with Crippen molar-refractivity contribution in [2.24, 2.45) is 29.6 Å². The second-order valence-electron chi connectivity index (χ2n) is 10.9. The van der Waals surface area contributed by atoms with Crippen LogP contribution in [0.1, 0.15) is 31.2 Å². The summed E-state index contributed by atoms with van der Waals surface area (Å²) in [6.45, 7) is 2.45. The van der Waals surface area contributed by atoms with Crippen LogP contribution >= 0.6 is 0 Å². The third kappa shape index (κ3) is 5.80. The normalized spacial score (nSPS) is 16.4. The molecular formula is C33H35N5O. The predicted octanol–water partition coefficient (Wildman–Crippen LogP) is 5.78. The van der Waals surface area contributed by atoms with Gasteiger partial charge in [-0.25, -0.2) is 0 Å². The number of nitrogens with zero attached hydrogens (tertiary/aromatic N) is 4. The van der Waals surface area contributed by atoms with Gasteiger partial charge in [-0.1, -0.05) is 72.8 Å². The number of amidine groups is 1. The summed E-state index contributed by atoms with van der Waals surface area (Å²) in [5.74, 6) is 1.76. The van der Waals surface area contributed by atoms with Gasteiger partial charge in [0.25, 0.3) is 0 Å². The predicted molar refractivity (Wildman–Crippen MR) is 157 cm³/mol. The Labute approximate surface area is 230 Å². The lowest BCUT2D eigenvalue weighted by molar-refractivity contribution is -0.133. The molecule has 1 aromatic heterocycles. The van der Waals surface area contributed by atoms with Crippen LogP contribution in [0.4, 0.5) is 0 Å². The molecule has 1 aliphatic heterocycles. The number of hydrogen-bond acceptors (Lipinski definition) is 3. The number of piperidine rings is 1. The monoisotopic (exact) mass is 517 g/mol. The van der Waals surface area contributed by atoms with E-state index in [9.17, 15) is 4.79 Å². The largest absolute Gasteiger partial charge is 0.384 e. The molecule has 6 rings (SSSR count). The van der Waals surface area contributed by atoms with E-state index in [2.05, 4.69) is 77.9 Å². The molecule has 2 heterocycles. The summed E-state index contributed by atoms with van der Waals surface area (Å²) in [5, 5.41) is 4.26. The fraction of sp³-hybridized carbons (Fsp3) is 0.303. The SMILES string of the molecule is Cn1cc(-c2ccc(-c3ccc(-c4ccc(C(N)=NCC5CCN(C(=O)C6CC6)CC5)cc4)cc3)cc2)cn1. The van der Waals surface area contributed by atoms with E-state index < -0.39 is 0 Å². The molecule has 3 aromatic carbocycles. The Morgan fingerprint density at radius 3 is 1.74 bits per heavy atom. The zero-order valence-electron chi connectivity index (χ0n) is 22.5. The molecule has 6 heteroatoms. The first-order chi connectivity index (χ1) is 19.0. The zero-order valence-corrected chi connectivity index (χ0v) is 22.5. The van der Waals surface area contributed by atoms with Crippen LogP contribution in [0.5, 0.6) is 0 Å². The maximum Gasteiger partial charge on any atom is 0.225 e. The van der Waals surface area contributed by atoms with Gasteiger partial charge >= 0.3 is 0 Å². The molecule has 2 fully saturated rings. The summed E-state index contributed by atoms with van der Waals surface area (Å²) >= 11 is 0.